The first kappa shape index (κ1) is 12.7. The first-order valence-electron chi connectivity index (χ1n) is 5.79. The Morgan fingerprint density at radius 1 is 1.25 bits per heavy atom. The molecule has 1 fully saturated rings. The number of unbranched alkanes of at least 4 members (excludes halogenated alkanes) is 4. The summed E-state index contributed by atoms with van der Waals surface area (Å²) in [7, 11) is 0. The molecule has 0 aromatic carbocycles. The highest BCUT2D eigenvalue weighted by Crippen LogP contribution is 2.18. The number of aliphatic hydroxyl groups is 1. The van der Waals surface area contributed by atoms with E-state index in [0.29, 0.717) is 6.42 Å². The van der Waals surface area contributed by atoms with Crippen molar-refractivity contribution in [3.63, 3.8) is 0 Å². The maximum absolute atomic E-state index is 11.2. The minimum absolute atomic E-state index is 0.107. The second-order valence-corrected chi connectivity index (χ2v) is 3.99. The van der Waals surface area contributed by atoms with Crippen LogP contribution in [0.4, 0.5) is 0 Å². The fourth-order valence-corrected chi connectivity index (χ4v) is 1.69. The lowest BCUT2D eigenvalue weighted by Gasteiger charge is -2.01. The number of ketones is 1. The Morgan fingerprint density at radius 3 is 2.50 bits per heavy atom. The lowest BCUT2D eigenvalue weighted by atomic mass is 10.1. The van der Waals surface area contributed by atoms with Crippen molar-refractivity contribution < 1.29 is 19.4 Å². The highest BCUT2D eigenvalue weighted by Gasteiger charge is 2.31. The van der Waals surface area contributed by atoms with E-state index >= 15 is 0 Å². The minimum atomic E-state index is -0.684. The van der Waals surface area contributed by atoms with E-state index in [2.05, 4.69) is 11.7 Å². The number of hydrogen-bond acceptors (Lipinski definition) is 4. The Labute approximate surface area is 95.3 Å². The lowest BCUT2D eigenvalue weighted by molar-refractivity contribution is -0.135. The molecule has 0 radical (unpaired) electrons. The maximum Gasteiger partial charge on any atom is 0.345 e. The molecule has 0 aliphatic carbocycles. The number of carbonyl (C=O) groups excluding carboxylic acids is 2. The number of ether oxygens (including phenoxy) is 1. The standard InChI is InChI=1S/C12H18O4/c1-2-3-4-5-6-7-9(13)11-10(14)8-16-12(11)15/h13H,2-8H2,1H3/b11-9+. The molecule has 0 unspecified atom stereocenters. The molecule has 0 atom stereocenters. The van der Waals surface area contributed by atoms with Crippen LogP contribution in [0, 0.1) is 0 Å². The van der Waals surface area contributed by atoms with Gasteiger partial charge in [0.15, 0.2) is 6.61 Å². The zero-order valence-electron chi connectivity index (χ0n) is 9.62. The lowest BCUT2D eigenvalue weighted by Crippen LogP contribution is -2.05. The predicted molar refractivity (Wildman–Crippen MR) is 59.0 cm³/mol. The van der Waals surface area contributed by atoms with Gasteiger partial charge in [0.05, 0.1) is 0 Å². The van der Waals surface area contributed by atoms with Gasteiger partial charge in [0, 0.05) is 6.42 Å². The average Bonchev–Trinajstić information content (AvgIpc) is 2.58. The van der Waals surface area contributed by atoms with Gasteiger partial charge in [-0.3, -0.25) is 4.79 Å². The van der Waals surface area contributed by atoms with Crippen molar-refractivity contribution in [1.82, 2.24) is 0 Å². The van der Waals surface area contributed by atoms with Gasteiger partial charge in [0.2, 0.25) is 5.78 Å². The first-order valence-corrected chi connectivity index (χ1v) is 5.79. The quantitative estimate of drug-likeness (QED) is 0.248. The molecule has 1 saturated heterocycles. The van der Waals surface area contributed by atoms with Gasteiger partial charge in [-0.1, -0.05) is 32.6 Å². The van der Waals surface area contributed by atoms with Crippen LogP contribution in [-0.2, 0) is 14.3 Å². The summed E-state index contributed by atoms with van der Waals surface area (Å²) in [6.45, 7) is 1.90. The molecule has 0 aromatic rings. The molecule has 0 bridgehead atoms. The Bertz CT molecular complexity index is 286. The number of esters is 1. The fraction of sp³-hybridized carbons (Fsp3) is 0.667. The largest absolute Gasteiger partial charge is 0.511 e. The molecule has 90 valence electrons. The molecule has 1 aliphatic heterocycles. The van der Waals surface area contributed by atoms with Crippen molar-refractivity contribution in [2.45, 2.75) is 45.4 Å². The number of cyclic esters (lactones) is 1. The third-order valence-corrected chi connectivity index (χ3v) is 2.62. The Kier molecular flexibility index (Phi) is 5.02. The molecule has 1 N–H and O–H groups in total. The molecule has 1 aliphatic rings. The number of aliphatic hydroxyl groups excluding tert-OH is 1. The predicted octanol–water partition coefficient (Wildman–Crippen LogP) is 2.28. The first-order chi connectivity index (χ1) is 7.66. The monoisotopic (exact) mass is 226 g/mol. The Hall–Kier alpha value is -1.32. The van der Waals surface area contributed by atoms with Gasteiger partial charge in [-0.15, -0.1) is 0 Å². The topological polar surface area (TPSA) is 63.6 Å². The third-order valence-electron chi connectivity index (χ3n) is 2.62. The van der Waals surface area contributed by atoms with Crippen molar-refractivity contribution in [3.05, 3.63) is 11.3 Å². The maximum atomic E-state index is 11.2. The Morgan fingerprint density at radius 2 is 1.94 bits per heavy atom. The molecule has 4 heteroatoms. The smallest absolute Gasteiger partial charge is 0.345 e. The normalized spacial score (nSPS) is 18.8. The summed E-state index contributed by atoms with van der Waals surface area (Å²) in [5.41, 5.74) is -0.143. The van der Waals surface area contributed by atoms with Crippen LogP contribution in [-0.4, -0.2) is 23.5 Å². The summed E-state index contributed by atoms with van der Waals surface area (Å²) in [5, 5.41) is 9.60. The molecule has 0 aromatic heterocycles. The van der Waals surface area contributed by atoms with Gasteiger partial charge < -0.3 is 9.84 Å². The van der Waals surface area contributed by atoms with E-state index < -0.39 is 11.8 Å². The van der Waals surface area contributed by atoms with E-state index in [1.54, 1.807) is 0 Å². The number of carbonyl (C=O) groups is 2. The van der Waals surface area contributed by atoms with Crippen molar-refractivity contribution in [3.8, 4) is 0 Å². The summed E-state index contributed by atoms with van der Waals surface area (Å²) in [6.07, 6.45) is 5.66. The number of allylic oxidation sites excluding steroid dienone is 1. The molecule has 0 spiro atoms. The van der Waals surface area contributed by atoms with Crippen molar-refractivity contribution in [2.75, 3.05) is 6.61 Å². The van der Waals surface area contributed by atoms with Crippen LogP contribution >= 0.6 is 0 Å². The fourth-order valence-electron chi connectivity index (χ4n) is 1.69. The van der Waals surface area contributed by atoms with Gasteiger partial charge in [0.1, 0.15) is 11.3 Å². The van der Waals surface area contributed by atoms with Gasteiger partial charge >= 0.3 is 5.97 Å². The van der Waals surface area contributed by atoms with Gasteiger partial charge in [-0.2, -0.15) is 0 Å². The van der Waals surface area contributed by atoms with Crippen LogP contribution < -0.4 is 0 Å². The second kappa shape index (κ2) is 6.30. The molecule has 1 rings (SSSR count). The van der Waals surface area contributed by atoms with Crippen LogP contribution in [0.15, 0.2) is 11.3 Å². The molecular weight excluding hydrogens is 208 g/mol. The summed E-state index contributed by atoms with van der Waals surface area (Å²) >= 11 is 0. The summed E-state index contributed by atoms with van der Waals surface area (Å²) in [6, 6.07) is 0. The van der Waals surface area contributed by atoms with Crippen molar-refractivity contribution >= 4 is 11.8 Å². The van der Waals surface area contributed by atoms with E-state index in [4.69, 9.17) is 0 Å². The van der Waals surface area contributed by atoms with Gasteiger partial charge in [-0.25, -0.2) is 4.79 Å². The van der Waals surface area contributed by atoms with Crippen LogP contribution in [0.2, 0.25) is 0 Å². The minimum Gasteiger partial charge on any atom is -0.511 e. The Balaban J connectivity index is 2.38. The zero-order chi connectivity index (χ0) is 12.0. The van der Waals surface area contributed by atoms with Crippen molar-refractivity contribution in [2.24, 2.45) is 0 Å². The highest BCUT2D eigenvalue weighted by molar-refractivity contribution is 6.22. The summed E-state index contributed by atoms with van der Waals surface area (Å²) in [4.78, 5) is 22.3. The van der Waals surface area contributed by atoms with Crippen LogP contribution in [0.5, 0.6) is 0 Å². The van der Waals surface area contributed by atoms with E-state index in [1.165, 1.54) is 6.42 Å². The van der Waals surface area contributed by atoms with E-state index in [0.717, 1.165) is 25.7 Å². The van der Waals surface area contributed by atoms with E-state index in [9.17, 15) is 14.7 Å². The molecule has 1 heterocycles. The number of rotatable bonds is 6. The third kappa shape index (κ3) is 3.36. The zero-order valence-corrected chi connectivity index (χ0v) is 9.62. The molecule has 0 amide bonds. The average molecular weight is 226 g/mol. The molecular formula is C12H18O4. The second-order valence-electron chi connectivity index (χ2n) is 3.99. The molecule has 4 nitrogen and oxygen atoms in total. The van der Waals surface area contributed by atoms with E-state index in [-0.39, 0.29) is 17.9 Å². The molecule has 0 saturated carbocycles. The van der Waals surface area contributed by atoms with Crippen LogP contribution in [0.1, 0.15) is 45.4 Å². The highest BCUT2D eigenvalue weighted by atomic mass is 16.5. The SMILES string of the molecule is CCCCCCC/C(O)=C1/C(=O)COC1=O. The van der Waals surface area contributed by atoms with Gasteiger partial charge in [-0.05, 0) is 6.42 Å². The van der Waals surface area contributed by atoms with Crippen molar-refractivity contribution in [1.29, 1.82) is 0 Å². The van der Waals surface area contributed by atoms with Gasteiger partial charge in [0.25, 0.3) is 0 Å². The number of Topliss-reactive ketones (excluding diaryl/α,β-unsaturated/α-hetero) is 1. The summed E-state index contributed by atoms with van der Waals surface area (Å²) < 4.78 is 4.54. The summed E-state index contributed by atoms with van der Waals surface area (Å²) in [5.74, 6) is -1.20. The van der Waals surface area contributed by atoms with E-state index in [1.807, 2.05) is 0 Å². The van der Waals surface area contributed by atoms with Crippen LogP contribution in [0.3, 0.4) is 0 Å². The number of hydrogen-bond donors (Lipinski definition) is 1. The van der Waals surface area contributed by atoms with Crippen LogP contribution in [0.25, 0.3) is 0 Å². The molecule has 16 heavy (non-hydrogen) atoms.